The van der Waals surface area contributed by atoms with Crippen molar-refractivity contribution in [3.8, 4) is 0 Å². The van der Waals surface area contributed by atoms with Crippen molar-refractivity contribution in [3.63, 3.8) is 0 Å². The molecular weight excluding hydrogens is 256 g/mol. The minimum atomic E-state index is 0.389. The molecule has 2 heteroatoms. The van der Waals surface area contributed by atoms with Crippen molar-refractivity contribution in [3.05, 3.63) is 59.7 Å². The fourth-order valence-corrected chi connectivity index (χ4v) is 2.90. The summed E-state index contributed by atoms with van der Waals surface area (Å²) in [6.45, 7) is 7.53. The van der Waals surface area contributed by atoms with E-state index in [0.717, 1.165) is 13.0 Å². The summed E-state index contributed by atoms with van der Waals surface area (Å²) in [5, 5.41) is 3.42. The second kappa shape index (κ2) is 7.28. The number of anilines is 2. The molecular formula is C19H26N2. The van der Waals surface area contributed by atoms with Crippen LogP contribution in [0.15, 0.2) is 48.5 Å². The number of hydrogen-bond donors (Lipinski definition) is 1. The number of para-hydroxylation sites is 1. The summed E-state index contributed by atoms with van der Waals surface area (Å²) in [4.78, 5) is 2.39. The van der Waals surface area contributed by atoms with E-state index in [-0.39, 0.29) is 0 Å². The lowest BCUT2D eigenvalue weighted by Crippen LogP contribution is -2.22. The average molecular weight is 282 g/mol. The van der Waals surface area contributed by atoms with Gasteiger partial charge in [-0.3, -0.25) is 0 Å². The van der Waals surface area contributed by atoms with Crippen LogP contribution < -0.4 is 10.2 Å². The third-order valence-corrected chi connectivity index (χ3v) is 3.99. The minimum Gasteiger partial charge on any atom is -0.341 e. The molecule has 0 bridgehead atoms. The average Bonchev–Trinajstić information content (AvgIpc) is 2.51. The van der Waals surface area contributed by atoms with Gasteiger partial charge >= 0.3 is 0 Å². The predicted octanol–water partition coefficient (Wildman–Crippen LogP) is 4.82. The Hall–Kier alpha value is -1.80. The van der Waals surface area contributed by atoms with Crippen LogP contribution in [0.2, 0.25) is 0 Å². The molecule has 2 nitrogen and oxygen atoms in total. The van der Waals surface area contributed by atoms with Gasteiger partial charge in [0.05, 0.1) is 0 Å². The Morgan fingerprint density at radius 2 is 1.81 bits per heavy atom. The Bertz CT molecular complexity index is 573. The van der Waals surface area contributed by atoms with Crippen LogP contribution in [0.4, 0.5) is 11.4 Å². The van der Waals surface area contributed by atoms with Gasteiger partial charge in [0.2, 0.25) is 0 Å². The topological polar surface area (TPSA) is 15.3 Å². The van der Waals surface area contributed by atoms with Crippen molar-refractivity contribution in [2.75, 3.05) is 18.5 Å². The fraction of sp³-hybridized carbons (Fsp3) is 0.368. The zero-order valence-corrected chi connectivity index (χ0v) is 13.6. The van der Waals surface area contributed by atoms with E-state index < -0.39 is 0 Å². The second-order valence-corrected chi connectivity index (χ2v) is 5.39. The number of aryl methyl sites for hydroxylation is 1. The van der Waals surface area contributed by atoms with Gasteiger partial charge in [-0.1, -0.05) is 37.3 Å². The molecule has 21 heavy (non-hydrogen) atoms. The van der Waals surface area contributed by atoms with Crippen molar-refractivity contribution in [2.45, 2.75) is 33.2 Å². The predicted molar refractivity (Wildman–Crippen MR) is 92.4 cm³/mol. The maximum absolute atomic E-state index is 3.42. The first-order chi connectivity index (χ1) is 10.2. The quantitative estimate of drug-likeness (QED) is 0.817. The zero-order valence-electron chi connectivity index (χ0n) is 13.6. The van der Waals surface area contributed by atoms with Gasteiger partial charge < -0.3 is 10.2 Å². The minimum absolute atomic E-state index is 0.389. The van der Waals surface area contributed by atoms with E-state index in [9.17, 15) is 0 Å². The van der Waals surface area contributed by atoms with Gasteiger partial charge in [-0.2, -0.15) is 0 Å². The molecule has 0 aliphatic rings. The number of nitrogens with one attached hydrogen (secondary N) is 1. The first-order valence-electron chi connectivity index (χ1n) is 7.81. The van der Waals surface area contributed by atoms with Gasteiger partial charge in [-0.15, -0.1) is 0 Å². The van der Waals surface area contributed by atoms with E-state index in [0.29, 0.717) is 6.04 Å². The Balaban J connectivity index is 2.48. The van der Waals surface area contributed by atoms with Crippen LogP contribution in [0.5, 0.6) is 0 Å². The molecule has 2 aromatic carbocycles. The molecule has 1 unspecified atom stereocenters. The van der Waals surface area contributed by atoms with Crippen molar-refractivity contribution in [1.82, 2.24) is 5.32 Å². The number of hydrogen-bond acceptors (Lipinski definition) is 2. The van der Waals surface area contributed by atoms with Gasteiger partial charge in [-0.25, -0.2) is 0 Å². The molecule has 0 saturated heterocycles. The lowest BCUT2D eigenvalue weighted by atomic mass is 10.0. The molecule has 1 atom stereocenters. The van der Waals surface area contributed by atoms with Gasteiger partial charge in [0, 0.05) is 24.0 Å². The van der Waals surface area contributed by atoms with Crippen LogP contribution in [0.3, 0.4) is 0 Å². The van der Waals surface area contributed by atoms with Crippen LogP contribution in [0, 0.1) is 6.92 Å². The summed E-state index contributed by atoms with van der Waals surface area (Å²) in [5.74, 6) is 0. The molecule has 2 aromatic rings. The Labute approximate surface area is 128 Å². The smallest absolute Gasteiger partial charge is 0.0459 e. The van der Waals surface area contributed by atoms with Crippen LogP contribution in [-0.4, -0.2) is 13.6 Å². The Morgan fingerprint density at radius 3 is 2.43 bits per heavy atom. The number of benzene rings is 2. The summed E-state index contributed by atoms with van der Waals surface area (Å²) >= 11 is 0. The van der Waals surface area contributed by atoms with Gasteiger partial charge in [0.1, 0.15) is 0 Å². The highest BCUT2D eigenvalue weighted by molar-refractivity contribution is 5.67. The van der Waals surface area contributed by atoms with Gasteiger partial charge in [0.25, 0.3) is 0 Å². The highest BCUT2D eigenvalue weighted by atomic mass is 15.1. The molecule has 0 radical (unpaired) electrons. The van der Waals surface area contributed by atoms with E-state index >= 15 is 0 Å². The summed E-state index contributed by atoms with van der Waals surface area (Å²) in [5.41, 5.74) is 5.22. The molecule has 0 aliphatic carbocycles. The Morgan fingerprint density at radius 1 is 1.05 bits per heavy atom. The number of nitrogens with zero attached hydrogens (tertiary/aromatic N) is 1. The summed E-state index contributed by atoms with van der Waals surface area (Å²) in [6, 6.07) is 17.8. The van der Waals surface area contributed by atoms with E-state index in [4.69, 9.17) is 0 Å². The third-order valence-electron chi connectivity index (χ3n) is 3.99. The van der Waals surface area contributed by atoms with Crippen LogP contribution in [-0.2, 0) is 0 Å². The molecule has 0 heterocycles. The normalized spacial score (nSPS) is 12.2. The highest BCUT2D eigenvalue weighted by Gasteiger charge is 2.16. The third kappa shape index (κ3) is 3.45. The standard InChI is InChI=1S/C19H26N2/c1-5-18(20-4)17-12-7-8-13-19(17)21(6-2)16-11-9-10-15(3)14-16/h7-14,18,20H,5-6H2,1-4H3. The zero-order chi connectivity index (χ0) is 15.2. The van der Waals surface area contributed by atoms with Crippen molar-refractivity contribution in [2.24, 2.45) is 0 Å². The van der Waals surface area contributed by atoms with Crippen molar-refractivity contribution in [1.29, 1.82) is 0 Å². The fourth-order valence-electron chi connectivity index (χ4n) is 2.90. The lowest BCUT2D eigenvalue weighted by Gasteiger charge is -2.29. The second-order valence-electron chi connectivity index (χ2n) is 5.39. The molecule has 0 amide bonds. The summed E-state index contributed by atoms with van der Waals surface area (Å²) in [6.07, 6.45) is 1.08. The number of rotatable bonds is 6. The molecule has 0 aliphatic heterocycles. The van der Waals surface area contributed by atoms with Crippen LogP contribution in [0.1, 0.15) is 37.4 Å². The SMILES string of the molecule is CCC(NC)c1ccccc1N(CC)c1cccc(C)c1. The van der Waals surface area contributed by atoms with Gasteiger partial charge in [-0.05, 0) is 56.6 Å². The van der Waals surface area contributed by atoms with E-state index in [2.05, 4.69) is 79.5 Å². The molecule has 0 aromatic heterocycles. The molecule has 0 fully saturated rings. The largest absolute Gasteiger partial charge is 0.341 e. The van der Waals surface area contributed by atoms with E-state index in [1.165, 1.54) is 22.5 Å². The van der Waals surface area contributed by atoms with Crippen LogP contribution in [0.25, 0.3) is 0 Å². The lowest BCUT2D eigenvalue weighted by molar-refractivity contribution is 0.576. The summed E-state index contributed by atoms with van der Waals surface area (Å²) < 4.78 is 0. The first kappa shape index (κ1) is 15.6. The molecule has 0 spiro atoms. The monoisotopic (exact) mass is 282 g/mol. The maximum atomic E-state index is 3.42. The first-order valence-corrected chi connectivity index (χ1v) is 7.81. The van der Waals surface area contributed by atoms with E-state index in [1.54, 1.807) is 0 Å². The molecule has 1 N–H and O–H groups in total. The molecule has 112 valence electrons. The van der Waals surface area contributed by atoms with Gasteiger partial charge in [0.15, 0.2) is 0 Å². The van der Waals surface area contributed by atoms with E-state index in [1.807, 2.05) is 7.05 Å². The highest BCUT2D eigenvalue weighted by Crippen LogP contribution is 2.33. The molecule has 2 rings (SSSR count). The molecule has 0 saturated carbocycles. The Kier molecular flexibility index (Phi) is 5.40. The summed E-state index contributed by atoms with van der Waals surface area (Å²) in [7, 11) is 2.04. The van der Waals surface area contributed by atoms with Crippen molar-refractivity contribution >= 4 is 11.4 Å². The maximum Gasteiger partial charge on any atom is 0.0459 e. The van der Waals surface area contributed by atoms with Crippen molar-refractivity contribution < 1.29 is 0 Å². The van der Waals surface area contributed by atoms with Crippen LogP contribution >= 0.6 is 0 Å².